The molecule has 0 unspecified atom stereocenters. The van der Waals surface area contributed by atoms with Gasteiger partial charge in [0.15, 0.2) is 0 Å². The third-order valence-corrected chi connectivity index (χ3v) is 13.3. The number of benzene rings is 8. The molecule has 1 saturated carbocycles. The van der Waals surface area contributed by atoms with Gasteiger partial charge in [0.2, 0.25) is 0 Å². The van der Waals surface area contributed by atoms with Gasteiger partial charge in [0.25, 0.3) is 0 Å². The summed E-state index contributed by atoms with van der Waals surface area (Å²) in [6, 6.07) is 73.8. The average Bonchev–Trinajstić information content (AvgIpc) is 3.94. The summed E-state index contributed by atoms with van der Waals surface area (Å²) >= 11 is 0. The second-order valence-electron chi connectivity index (χ2n) is 15.4. The zero-order valence-electron chi connectivity index (χ0n) is 29.5. The van der Waals surface area contributed by atoms with Crippen LogP contribution < -0.4 is 0 Å². The van der Waals surface area contributed by atoms with Crippen LogP contribution in [0, 0.1) is 0 Å². The van der Waals surface area contributed by atoms with Crippen LogP contribution in [0.2, 0.25) is 0 Å². The van der Waals surface area contributed by atoms with E-state index >= 15 is 0 Å². The Morgan fingerprint density at radius 1 is 0.185 bits per heavy atom. The van der Waals surface area contributed by atoms with Crippen molar-refractivity contribution in [1.82, 2.24) is 0 Å². The monoisotopic (exact) mass is 680 g/mol. The molecule has 8 aromatic rings. The molecule has 2 spiro atoms. The Kier molecular flexibility index (Phi) is 5.33. The van der Waals surface area contributed by atoms with Gasteiger partial charge in [0.1, 0.15) is 0 Å². The second-order valence-corrected chi connectivity index (χ2v) is 15.4. The van der Waals surface area contributed by atoms with E-state index in [9.17, 15) is 0 Å². The second kappa shape index (κ2) is 10.0. The maximum atomic E-state index is 2.45. The predicted molar refractivity (Wildman–Crippen MR) is 221 cm³/mol. The molecule has 1 fully saturated rings. The molecule has 5 aliphatic carbocycles. The SMILES string of the molecule is c1ccc2c(c1)C(=C1C(=C3c4ccccc4-c4ccccc43)C3(c4ccccc4-c4ccccc43)C13c1ccccc1-c1ccccc13)c1ccccc1-2. The summed E-state index contributed by atoms with van der Waals surface area (Å²) in [7, 11) is 0. The Bertz CT molecular complexity index is 2660. The Morgan fingerprint density at radius 3 is 0.611 bits per heavy atom. The first-order chi connectivity index (χ1) is 26.8. The minimum Gasteiger partial charge on any atom is -0.0619 e. The standard InChI is InChI=1S/C54H32/c1-5-25-41-33(17-1)34-18-2-6-26-42(34)49(41)51-52(50-43-27-7-3-19-35(43)36-20-4-8-28-44(36)50)54(47-31-15-11-23-39(47)40-24-12-16-32-48(40)54)53(51)45-29-13-9-21-37(45)38-22-10-14-30-46(38)53/h1-32H. The van der Waals surface area contributed by atoms with Crippen molar-refractivity contribution < 1.29 is 0 Å². The third kappa shape index (κ3) is 3.06. The first-order valence-electron chi connectivity index (χ1n) is 19.1. The lowest BCUT2D eigenvalue weighted by Gasteiger charge is -2.63. The minimum absolute atomic E-state index is 0.530. The molecule has 0 saturated heterocycles. The van der Waals surface area contributed by atoms with E-state index in [1.807, 2.05) is 0 Å². The molecular formula is C54H32. The van der Waals surface area contributed by atoms with Gasteiger partial charge in [-0.1, -0.05) is 194 Å². The van der Waals surface area contributed by atoms with E-state index < -0.39 is 10.8 Å². The van der Waals surface area contributed by atoms with E-state index in [4.69, 9.17) is 0 Å². The number of allylic oxidation sites excluding steroid dienone is 2. The summed E-state index contributed by atoms with van der Waals surface area (Å²) in [6.45, 7) is 0. The van der Waals surface area contributed by atoms with Gasteiger partial charge in [-0.15, -0.1) is 0 Å². The highest BCUT2D eigenvalue weighted by Crippen LogP contribution is 2.81. The number of hydrogen-bond acceptors (Lipinski definition) is 0. The lowest BCUT2D eigenvalue weighted by Crippen LogP contribution is -2.62. The van der Waals surface area contributed by atoms with Crippen molar-refractivity contribution in [3.63, 3.8) is 0 Å². The van der Waals surface area contributed by atoms with Gasteiger partial charge in [-0.3, -0.25) is 0 Å². The molecule has 0 heterocycles. The van der Waals surface area contributed by atoms with Crippen LogP contribution in [0.5, 0.6) is 0 Å². The van der Waals surface area contributed by atoms with Gasteiger partial charge in [-0.25, -0.2) is 0 Å². The topological polar surface area (TPSA) is 0 Å². The summed E-state index contributed by atoms with van der Waals surface area (Å²) in [5.41, 5.74) is 26.0. The Balaban J connectivity index is 1.36. The molecule has 13 rings (SSSR count). The van der Waals surface area contributed by atoms with E-state index in [1.54, 1.807) is 0 Å². The summed E-state index contributed by atoms with van der Waals surface area (Å²) in [5.74, 6) is 0. The van der Waals surface area contributed by atoms with Gasteiger partial charge >= 0.3 is 0 Å². The summed E-state index contributed by atoms with van der Waals surface area (Å²) in [5, 5.41) is 0. The molecule has 0 nitrogen and oxygen atoms in total. The Hall–Kier alpha value is -6.76. The van der Waals surface area contributed by atoms with Crippen molar-refractivity contribution in [2.24, 2.45) is 0 Å². The smallest absolute Gasteiger partial charge is 0.0619 e. The van der Waals surface area contributed by atoms with Crippen molar-refractivity contribution >= 4 is 11.1 Å². The van der Waals surface area contributed by atoms with E-state index in [-0.39, 0.29) is 0 Å². The highest BCUT2D eigenvalue weighted by molar-refractivity contribution is 6.15. The fraction of sp³-hybridized carbons (Fsp3) is 0.0370. The summed E-state index contributed by atoms with van der Waals surface area (Å²) < 4.78 is 0. The number of fused-ring (bicyclic) bond motifs is 17. The molecule has 8 aromatic carbocycles. The van der Waals surface area contributed by atoms with Gasteiger partial charge in [-0.05, 0) is 111 Å². The van der Waals surface area contributed by atoms with E-state index in [1.165, 1.54) is 111 Å². The first-order valence-corrected chi connectivity index (χ1v) is 19.1. The molecule has 0 amide bonds. The zero-order chi connectivity index (χ0) is 35.2. The third-order valence-electron chi connectivity index (χ3n) is 13.3. The largest absolute Gasteiger partial charge is 0.0651 e. The lowest BCUT2D eigenvalue weighted by molar-refractivity contribution is 0.354. The average molecular weight is 681 g/mol. The molecule has 248 valence electrons. The molecule has 0 bridgehead atoms. The first kappa shape index (κ1) is 28.8. The highest BCUT2D eigenvalue weighted by Gasteiger charge is 2.75. The van der Waals surface area contributed by atoms with Gasteiger partial charge in [0, 0.05) is 0 Å². The van der Waals surface area contributed by atoms with Crippen molar-refractivity contribution in [1.29, 1.82) is 0 Å². The molecule has 0 radical (unpaired) electrons. The van der Waals surface area contributed by atoms with Gasteiger partial charge in [-0.2, -0.15) is 0 Å². The molecule has 0 N–H and O–H groups in total. The molecule has 5 aliphatic rings. The number of hydrogen-bond donors (Lipinski definition) is 0. The Labute approximate surface area is 315 Å². The summed E-state index contributed by atoms with van der Waals surface area (Å²) in [6.07, 6.45) is 0. The van der Waals surface area contributed by atoms with Crippen molar-refractivity contribution in [2.75, 3.05) is 0 Å². The number of rotatable bonds is 0. The van der Waals surface area contributed by atoms with Gasteiger partial charge < -0.3 is 0 Å². The van der Waals surface area contributed by atoms with Crippen molar-refractivity contribution in [2.45, 2.75) is 10.8 Å². The Morgan fingerprint density at radius 2 is 0.370 bits per heavy atom. The van der Waals surface area contributed by atoms with Crippen molar-refractivity contribution in [3.8, 4) is 44.5 Å². The fourth-order valence-corrected chi connectivity index (χ4v) is 11.7. The maximum absolute atomic E-state index is 2.45. The zero-order valence-corrected chi connectivity index (χ0v) is 29.5. The maximum Gasteiger partial charge on any atom is 0.0651 e. The van der Waals surface area contributed by atoms with Crippen LogP contribution in [0.25, 0.3) is 55.7 Å². The van der Waals surface area contributed by atoms with E-state index in [2.05, 4.69) is 194 Å². The van der Waals surface area contributed by atoms with Crippen LogP contribution >= 0.6 is 0 Å². The fourth-order valence-electron chi connectivity index (χ4n) is 11.7. The van der Waals surface area contributed by atoms with Gasteiger partial charge in [0.05, 0.1) is 10.8 Å². The lowest BCUT2D eigenvalue weighted by atomic mass is 9.36. The quantitative estimate of drug-likeness (QED) is 0.150. The van der Waals surface area contributed by atoms with E-state index in [0.717, 1.165) is 0 Å². The molecule has 0 heteroatoms. The predicted octanol–water partition coefficient (Wildman–Crippen LogP) is 12.9. The van der Waals surface area contributed by atoms with Crippen molar-refractivity contribution in [3.05, 3.63) is 250 Å². The van der Waals surface area contributed by atoms with Crippen LogP contribution in [-0.2, 0) is 10.8 Å². The molecule has 54 heavy (non-hydrogen) atoms. The molecule has 0 atom stereocenters. The van der Waals surface area contributed by atoms with Crippen LogP contribution in [0.1, 0.15) is 44.5 Å². The molecular weight excluding hydrogens is 649 g/mol. The van der Waals surface area contributed by atoms with Crippen LogP contribution in [0.3, 0.4) is 0 Å². The minimum atomic E-state index is -0.530. The molecule has 0 aromatic heterocycles. The molecule has 0 aliphatic heterocycles. The highest BCUT2D eigenvalue weighted by atomic mass is 14.7. The van der Waals surface area contributed by atoms with Crippen LogP contribution in [0.4, 0.5) is 0 Å². The normalized spacial score (nSPS) is 16.3. The van der Waals surface area contributed by atoms with Crippen LogP contribution in [0.15, 0.2) is 205 Å². The van der Waals surface area contributed by atoms with Crippen LogP contribution in [-0.4, -0.2) is 0 Å². The van der Waals surface area contributed by atoms with E-state index in [0.29, 0.717) is 0 Å². The summed E-state index contributed by atoms with van der Waals surface area (Å²) in [4.78, 5) is 0.